The van der Waals surface area contributed by atoms with Gasteiger partial charge in [0.15, 0.2) is 0 Å². The maximum atomic E-state index is 10.1. The van der Waals surface area contributed by atoms with Crippen molar-refractivity contribution in [1.82, 2.24) is 0 Å². The Labute approximate surface area is 94.9 Å². The third kappa shape index (κ3) is 2.54. The lowest BCUT2D eigenvalue weighted by Crippen LogP contribution is -2.63. The van der Waals surface area contributed by atoms with Crippen molar-refractivity contribution in [3.63, 3.8) is 0 Å². The van der Waals surface area contributed by atoms with Crippen LogP contribution in [0.1, 0.15) is 46.5 Å². The second-order valence-corrected chi connectivity index (χ2v) is 6.29. The second-order valence-electron chi connectivity index (χ2n) is 6.29. The van der Waals surface area contributed by atoms with Gasteiger partial charge in [-0.05, 0) is 6.42 Å². The summed E-state index contributed by atoms with van der Waals surface area (Å²) in [6.45, 7) is 7.82. The molecule has 15 heavy (non-hydrogen) atoms. The molecular weight excluding hydrogens is 186 g/mol. The lowest BCUT2D eigenvalue weighted by molar-refractivity contribution is -0.930. The molecule has 1 aliphatic heterocycles. The molecule has 0 aromatic rings. The topological polar surface area (TPSA) is 20.2 Å². The molecule has 0 radical (unpaired) electrons. The number of hydrogen-bond donors (Lipinski definition) is 1. The molecule has 0 aromatic heterocycles. The predicted octanol–water partition coefficient (Wildman–Crippen LogP) is 2.41. The van der Waals surface area contributed by atoms with Gasteiger partial charge in [0.05, 0.1) is 32.8 Å². The highest BCUT2D eigenvalue weighted by Crippen LogP contribution is 2.40. The van der Waals surface area contributed by atoms with Crippen molar-refractivity contribution in [1.29, 1.82) is 0 Å². The van der Waals surface area contributed by atoms with E-state index < -0.39 is 0 Å². The largest absolute Gasteiger partial charge is 0.392 e. The van der Waals surface area contributed by atoms with Crippen molar-refractivity contribution < 1.29 is 9.59 Å². The zero-order valence-corrected chi connectivity index (χ0v) is 11.1. The van der Waals surface area contributed by atoms with Crippen LogP contribution in [0.4, 0.5) is 0 Å². The van der Waals surface area contributed by atoms with Crippen LogP contribution in [0.5, 0.6) is 0 Å². The van der Waals surface area contributed by atoms with Crippen molar-refractivity contribution in [3.05, 3.63) is 0 Å². The minimum atomic E-state index is -0.120. The first-order chi connectivity index (χ1) is 6.82. The summed E-state index contributed by atoms with van der Waals surface area (Å²) in [5.41, 5.74) is 0.0664. The Morgan fingerprint density at radius 1 is 1.33 bits per heavy atom. The van der Waals surface area contributed by atoms with Gasteiger partial charge in [0, 0.05) is 18.3 Å². The number of piperidine rings is 1. The molecule has 2 nitrogen and oxygen atoms in total. The maximum Gasteiger partial charge on any atom is 0.0962 e. The van der Waals surface area contributed by atoms with Crippen LogP contribution in [0.2, 0.25) is 0 Å². The van der Waals surface area contributed by atoms with E-state index in [9.17, 15) is 5.11 Å². The van der Waals surface area contributed by atoms with Crippen molar-refractivity contribution >= 4 is 0 Å². The zero-order valence-electron chi connectivity index (χ0n) is 11.1. The Morgan fingerprint density at radius 3 is 2.47 bits per heavy atom. The van der Waals surface area contributed by atoms with Gasteiger partial charge in [-0.1, -0.05) is 27.2 Å². The first-order valence-electron chi connectivity index (χ1n) is 6.33. The van der Waals surface area contributed by atoms with Gasteiger partial charge < -0.3 is 9.59 Å². The van der Waals surface area contributed by atoms with E-state index in [1.165, 1.54) is 19.3 Å². The van der Waals surface area contributed by atoms with E-state index in [1.807, 2.05) is 0 Å². The van der Waals surface area contributed by atoms with E-state index in [4.69, 9.17) is 0 Å². The SMILES string of the molecule is CCCC[C@H]1C(C)(C)[C@@H](O)CC[N+]1(C)C. The first-order valence-corrected chi connectivity index (χ1v) is 6.33. The van der Waals surface area contributed by atoms with Gasteiger partial charge >= 0.3 is 0 Å². The third-order valence-electron chi connectivity index (χ3n) is 4.37. The molecule has 1 saturated heterocycles. The number of aliphatic hydroxyl groups is 1. The summed E-state index contributed by atoms with van der Waals surface area (Å²) >= 11 is 0. The number of likely N-dealkylation sites (tertiary alicyclic amines) is 1. The molecule has 2 heteroatoms. The molecule has 0 aliphatic carbocycles. The highest BCUT2D eigenvalue weighted by molar-refractivity contribution is 4.89. The fourth-order valence-electron chi connectivity index (χ4n) is 3.22. The second kappa shape index (κ2) is 4.42. The molecule has 2 atom stereocenters. The van der Waals surface area contributed by atoms with Crippen molar-refractivity contribution in [2.45, 2.75) is 58.6 Å². The predicted molar refractivity (Wildman–Crippen MR) is 64.7 cm³/mol. The number of quaternary nitrogens is 1. The molecule has 0 saturated carbocycles. The van der Waals surface area contributed by atoms with Crippen LogP contribution in [-0.4, -0.2) is 42.4 Å². The summed E-state index contributed by atoms with van der Waals surface area (Å²) < 4.78 is 1.07. The number of unbranched alkanes of at least 4 members (excludes halogenated alkanes) is 1. The minimum Gasteiger partial charge on any atom is -0.392 e. The summed E-state index contributed by atoms with van der Waals surface area (Å²) in [6.07, 6.45) is 4.60. The van der Waals surface area contributed by atoms with Gasteiger partial charge in [-0.3, -0.25) is 0 Å². The number of hydrogen-bond acceptors (Lipinski definition) is 1. The summed E-state index contributed by atoms with van der Waals surface area (Å²) in [5.74, 6) is 0. The summed E-state index contributed by atoms with van der Waals surface area (Å²) in [4.78, 5) is 0. The van der Waals surface area contributed by atoms with E-state index >= 15 is 0 Å². The average molecular weight is 214 g/mol. The van der Waals surface area contributed by atoms with E-state index in [-0.39, 0.29) is 11.5 Å². The van der Waals surface area contributed by atoms with Crippen molar-refractivity contribution in [3.8, 4) is 0 Å². The summed E-state index contributed by atoms with van der Waals surface area (Å²) in [5, 5.41) is 10.1. The van der Waals surface area contributed by atoms with Crippen molar-refractivity contribution in [2.24, 2.45) is 5.41 Å². The molecule has 0 spiro atoms. The molecular formula is C13H28NO+. The Balaban J connectivity index is 2.81. The summed E-state index contributed by atoms with van der Waals surface area (Å²) in [6, 6.07) is 0.598. The lowest BCUT2D eigenvalue weighted by Gasteiger charge is -2.52. The van der Waals surface area contributed by atoms with Crippen LogP contribution in [0, 0.1) is 5.41 Å². The highest BCUT2D eigenvalue weighted by atomic mass is 16.3. The number of aliphatic hydroxyl groups excluding tert-OH is 1. The monoisotopic (exact) mass is 214 g/mol. The van der Waals surface area contributed by atoms with E-state index in [0.717, 1.165) is 17.4 Å². The van der Waals surface area contributed by atoms with Crippen LogP contribution in [0.15, 0.2) is 0 Å². The van der Waals surface area contributed by atoms with Crippen LogP contribution in [0.3, 0.4) is 0 Å². The Hall–Kier alpha value is -0.0800. The van der Waals surface area contributed by atoms with Gasteiger partial charge in [0.1, 0.15) is 0 Å². The average Bonchev–Trinajstić information content (AvgIpc) is 2.12. The summed E-state index contributed by atoms with van der Waals surface area (Å²) in [7, 11) is 4.63. The van der Waals surface area contributed by atoms with Crippen LogP contribution >= 0.6 is 0 Å². The first kappa shape index (κ1) is 13.0. The minimum absolute atomic E-state index is 0.0664. The van der Waals surface area contributed by atoms with Crippen LogP contribution < -0.4 is 0 Å². The molecule has 1 aliphatic rings. The van der Waals surface area contributed by atoms with Gasteiger partial charge in [-0.2, -0.15) is 0 Å². The zero-order chi connectivity index (χ0) is 11.7. The van der Waals surface area contributed by atoms with Gasteiger partial charge in [0.25, 0.3) is 0 Å². The van der Waals surface area contributed by atoms with Crippen LogP contribution in [0.25, 0.3) is 0 Å². The normalized spacial score (nSPS) is 34.0. The molecule has 0 amide bonds. The number of nitrogens with zero attached hydrogens (tertiary/aromatic N) is 1. The van der Waals surface area contributed by atoms with Gasteiger partial charge in [-0.25, -0.2) is 0 Å². The van der Waals surface area contributed by atoms with Crippen LogP contribution in [-0.2, 0) is 0 Å². The molecule has 90 valence electrons. The Bertz CT molecular complexity index is 211. The van der Waals surface area contributed by atoms with E-state index in [1.54, 1.807) is 0 Å². The molecule has 1 heterocycles. The maximum absolute atomic E-state index is 10.1. The van der Waals surface area contributed by atoms with E-state index in [2.05, 4.69) is 34.9 Å². The fraction of sp³-hybridized carbons (Fsp3) is 1.00. The molecule has 1 fully saturated rings. The van der Waals surface area contributed by atoms with Gasteiger partial charge in [-0.15, -0.1) is 0 Å². The quantitative estimate of drug-likeness (QED) is 0.715. The third-order valence-corrected chi connectivity index (χ3v) is 4.37. The molecule has 1 N–H and O–H groups in total. The Morgan fingerprint density at radius 2 is 1.93 bits per heavy atom. The molecule has 0 bridgehead atoms. The fourth-order valence-corrected chi connectivity index (χ4v) is 3.22. The standard InChI is InChI=1S/C13H28NO/c1-6-7-8-11-13(2,3)12(15)9-10-14(11,4)5/h11-12,15H,6-10H2,1-5H3/q+1/t11-,12-/m0/s1. The Kier molecular flexibility index (Phi) is 3.83. The molecule has 1 rings (SSSR count). The van der Waals surface area contributed by atoms with Gasteiger partial charge in [0.2, 0.25) is 0 Å². The highest BCUT2D eigenvalue weighted by Gasteiger charge is 2.49. The molecule has 0 aromatic carbocycles. The lowest BCUT2D eigenvalue weighted by atomic mass is 9.71. The number of rotatable bonds is 3. The smallest absolute Gasteiger partial charge is 0.0962 e. The van der Waals surface area contributed by atoms with E-state index in [0.29, 0.717) is 6.04 Å². The van der Waals surface area contributed by atoms with Crippen molar-refractivity contribution in [2.75, 3.05) is 20.6 Å². The molecule has 0 unspecified atom stereocenters.